The van der Waals surface area contributed by atoms with E-state index in [2.05, 4.69) is 73.9 Å². The van der Waals surface area contributed by atoms with Crippen LogP contribution in [0.25, 0.3) is 22.2 Å². The van der Waals surface area contributed by atoms with E-state index in [4.69, 9.17) is 5.73 Å². The Hall–Kier alpha value is -4.41. The molecule has 2 aromatic heterocycles. The number of nitrogens with zero attached hydrogens (tertiary/aromatic N) is 2. The highest BCUT2D eigenvalue weighted by Crippen LogP contribution is 2.36. The lowest BCUT2D eigenvalue weighted by Crippen LogP contribution is -2.40. The van der Waals surface area contributed by atoms with Crippen molar-refractivity contribution in [1.82, 2.24) is 9.97 Å². The summed E-state index contributed by atoms with van der Waals surface area (Å²) in [6, 6.07) is 17.3. The van der Waals surface area contributed by atoms with Gasteiger partial charge in [0.25, 0.3) is 5.56 Å². The zero-order chi connectivity index (χ0) is 30.2. The van der Waals surface area contributed by atoms with Crippen LogP contribution in [0.15, 0.2) is 65.6 Å². The van der Waals surface area contributed by atoms with Crippen molar-refractivity contribution >= 4 is 28.4 Å². The second-order valence-corrected chi connectivity index (χ2v) is 11.1. The molecule has 0 spiro atoms. The Kier molecular flexibility index (Phi) is 10.2. The summed E-state index contributed by atoms with van der Waals surface area (Å²) in [5.41, 5.74) is 11.2. The van der Waals surface area contributed by atoms with Crippen molar-refractivity contribution in [3.05, 3.63) is 87.8 Å². The highest BCUT2D eigenvalue weighted by atomic mass is 16.2. The third-order valence-electron chi connectivity index (χ3n) is 7.27. The fourth-order valence-electron chi connectivity index (χ4n) is 5.15. The summed E-state index contributed by atoms with van der Waals surface area (Å²) in [6.45, 7) is 11.4. The van der Waals surface area contributed by atoms with Gasteiger partial charge in [-0.05, 0) is 59.2 Å². The van der Waals surface area contributed by atoms with Crippen LogP contribution in [-0.2, 0) is 0 Å². The molecular formula is C35H41N5O2. The van der Waals surface area contributed by atoms with Gasteiger partial charge in [-0.25, -0.2) is 9.78 Å². The number of nitrogens with two attached hydrogens (primary N) is 1. The van der Waals surface area contributed by atoms with Gasteiger partial charge in [-0.15, -0.1) is 0 Å². The number of benzene rings is 2. The van der Waals surface area contributed by atoms with Crippen molar-refractivity contribution in [2.45, 2.75) is 65.7 Å². The number of aromatic nitrogens is 2. The van der Waals surface area contributed by atoms with Crippen molar-refractivity contribution in [3.8, 4) is 23.0 Å². The number of nitrogens with one attached hydrogen (secondary N) is 2. The van der Waals surface area contributed by atoms with Crippen molar-refractivity contribution in [2.75, 3.05) is 23.3 Å². The Bertz CT molecular complexity index is 1650. The maximum Gasteiger partial charge on any atom is 0.326 e. The number of hydrogen-bond acceptors (Lipinski definition) is 4. The topological polar surface area (TPSA) is 104 Å². The standard InChI is InChI=1S/C35H41N5O2/c1-6-7-21-40(35(42)38-31-27(23(2)3)16-11-17-28(31)24(4)5)32-30(29-18-12-20-37-33(29)39-34(32)41)26-15-10-14-25(22-26)13-8-9-19-36/h10-12,14-18,20,22-24H,6-7,9,19,21,36H2,1-5H3,(H,38,42)(H,37,39,41). The van der Waals surface area contributed by atoms with Crippen molar-refractivity contribution in [2.24, 2.45) is 5.73 Å². The summed E-state index contributed by atoms with van der Waals surface area (Å²) in [7, 11) is 0. The molecule has 0 aliphatic carbocycles. The average Bonchev–Trinajstić information content (AvgIpc) is 2.97. The smallest absolute Gasteiger partial charge is 0.326 e. The van der Waals surface area contributed by atoms with Crippen molar-refractivity contribution in [1.29, 1.82) is 0 Å². The minimum atomic E-state index is -0.372. The highest BCUT2D eigenvalue weighted by molar-refractivity contribution is 6.09. The zero-order valence-corrected chi connectivity index (χ0v) is 25.3. The van der Waals surface area contributed by atoms with Gasteiger partial charge in [0.05, 0.1) is 0 Å². The predicted molar refractivity (Wildman–Crippen MR) is 174 cm³/mol. The molecule has 2 aromatic carbocycles. The van der Waals surface area contributed by atoms with E-state index in [9.17, 15) is 9.59 Å². The number of carbonyl (C=O) groups excluding carboxylic acids is 1. The first-order chi connectivity index (χ1) is 20.3. The Labute approximate surface area is 248 Å². The van der Waals surface area contributed by atoms with E-state index in [-0.39, 0.29) is 23.4 Å². The van der Waals surface area contributed by atoms with Gasteiger partial charge in [-0.3, -0.25) is 9.69 Å². The number of hydrogen-bond donors (Lipinski definition) is 3. The Balaban J connectivity index is 1.93. The Morgan fingerprint density at radius 1 is 1.05 bits per heavy atom. The predicted octanol–water partition coefficient (Wildman–Crippen LogP) is 7.38. The van der Waals surface area contributed by atoms with Crippen LogP contribution in [0.2, 0.25) is 0 Å². The molecule has 7 nitrogen and oxygen atoms in total. The molecule has 0 atom stereocenters. The van der Waals surface area contributed by atoms with Crippen LogP contribution in [0.1, 0.15) is 82.4 Å². The largest absolute Gasteiger partial charge is 0.330 e. The SMILES string of the molecule is CCCCN(C(=O)Nc1c(C(C)C)cccc1C(C)C)c1c(-c2cccc(C#CCCN)c2)c2cccnc2[nH]c1=O. The molecule has 4 N–H and O–H groups in total. The summed E-state index contributed by atoms with van der Waals surface area (Å²) in [4.78, 5) is 37.1. The van der Waals surface area contributed by atoms with Crippen LogP contribution in [-0.4, -0.2) is 29.1 Å². The van der Waals surface area contributed by atoms with Gasteiger partial charge in [-0.1, -0.05) is 83.2 Å². The summed E-state index contributed by atoms with van der Waals surface area (Å²) < 4.78 is 0. The van der Waals surface area contributed by atoms with E-state index in [0.717, 1.165) is 46.2 Å². The van der Waals surface area contributed by atoms with Gasteiger partial charge in [0.2, 0.25) is 0 Å². The molecule has 0 aliphatic heterocycles. The molecule has 0 aliphatic rings. The number of para-hydroxylation sites is 1. The average molecular weight is 564 g/mol. The molecule has 0 radical (unpaired) electrons. The Morgan fingerprint density at radius 2 is 1.76 bits per heavy atom. The highest BCUT2D eigenvalue weighted by Gasteiger charge is 2.27. The maximum absolute atomic E-state index is 14.3. The molecular weight excluding hydrogens is 522 g/mol. The van der Waals surface area contributed by atoms with Gasteiger partial charge >= 0.3 is 6.03 Å². The van der Waals surface area contributed by atoms with E-state index in [1.54, 1.807) is 11.1 Å². The molecule has 0 bridgehead atoms. The lowest BCUT2D eigenvalue weighted by molar-refractivity contribution is 0.256. The summed E-state index contributed by atoms with van der Waals surface area (Å²) >= 11 is 0. The van der Waals surface area contributed by atoms with Crippen LogP contribution in [0, 0.1) is 11.8 Å². The second kappa shape index (κ2) is 14.0. The van der Waals surface area contributed by atoms with Crippen molar-refractivity contribution < 1.29 is 4.79 Å². The first-order valence-electron chi connectivity index (χ1n) is 14.8. The minimum Gasteiger partial charge on any atom is -0.330 e. The summed E-state index contributed by atoms with van der Waals surface area (Å²) in [5.74, 6) is 6.67. The van der Waals surface area contributed by atoms with Gasteiger partial charge in [0, 0.05) is 47.9 Å². The van der Waals surface area contributed by atoms with E-state index >= 15 is 0 Å². The molecule has 7 heteroatoms. The first kappa shape index (κ1) is 30.5. The third-order valence-corrected chi connectivity index (χ3v) is 7.27. The Morgan fingerprint density at radius 3 is 2.43 bits per heavy atom. The van der Waals surface area contributed by atoms with Gasteiger partial charge in [0.15, 0.2) is 0 Å². The number of amides is 2. The van der Waals surface area contributed by atoms with Crippen LogP contribution >= 0.6 is 0 Å². The number of aromatic amines is 1. The van der Waals surface area contributed by atoms with Crippen molar-refractivity contribution in [3.63, 3.8) is 0 Å². The van der Waals surface area contributed by atoms with Crippen LogP contribution < -0.4 is 21.5 Å². The minimum absolute atomic E-state index is 0.205. The molecule has 0 unspecified atom stereocenters. The van der Waals surface area contributed by atoms with Crippen LogP contribution in [0.3, 0.4) is 0 Å². The van der Waals surface area contributed by atoms with Crippen LogP contribution in [0.5, 0.6) is 0 Å². The normalized spacial score (nSPS) is 11.0. The number of anilines is 2. The number of H-pyrrole nitrogens is 1. The number of urea groups is 1. The van der Waals surface area contributed by atoms with E-state index in [1.165, 1.54) is 0 Å². The fraction of sp³-hybridized carbons (Fsp3) is 0.343. The van der Waals surface area contributed by atoms with Gasteiger partial charge < -0.3 is 16.0 Å². The molecule has 0 saturated heterocycles. The number of rotatable bonds is 9. The summed E-state index contributed by atoms with van der Waals surface area (Å²) in [5, 5.41) is 3.98. The third kappa shape index (κ3) is 6.72. The molecule has 4 aromatic rings. The lowest BCUT2D eigenvalue weighted by atomic mass is 9.92. The quantitative estimate of drug-likeness (QED) is 0.185. The van der Waals surface area contributed by atoms with E-state index in [1.807, 2.05) is 42.5 Å². The van der Waals surface area contributed by atoms with Crippen LogP contribution in [0.4, 0.5) is 16.2 Å². The second-order valence-electron chi connectivity index (χ2n) is 11.1. The number of carbonyl (C=O) groups is 1. The molecule has 218 valence electrons. The zero-order valence-electron chi connectivity index (χ0n) is 25.3. The van der Waals surface area contributed by atoms with E-state index < -0.39 is 0 Å². The molecule has 2 amide bonds. The van der Waals surface area contributed by atoms with E-state index in [0.29, 0.717) is 36.4 Å². The monoisotopic (exact) mass is 563 g/mol. The molecule has 0 saturated carbocycles. The molecule has 0 fully saturated rings. The number of unbranched alkanes of at least 4 members (excludes halogenated alkanes) is 1. The maximum atomic E-state index is 14.3. The van der Waals surface area contributed by atoms with Gasteiger partial charge in [0.1, 0.15) is 11.3 Å². The number of fused-ring (bicyclic) bond motifs is 1. The molecule has 2 heterocycles. The first-order valence-corrected chi connectivity index (χ1v) is 14.8. The summed E-state index contributed by atoms with van der Waals surface area (Å²) in [6.07, 6.45) is 3.83. The molecule has 42 heavy (non-hydrogen) atoms. The molecule has 4 rings (SSSR count). The number of pyridine rings is 2. The van der Waals surface area contributed by atoms with Gasteiger partial charge in [-0.2, -0.15) is 0 Å². The fourth-order valence-corrected chi connectivity index (χ4v) is 5.15. The lowest BCUT2D eigenvalue weighted by Gasteiger charge is -2.27.